The van der Waals surface area contributed by atoms with Gasteiger partial charge in [0, 0.05) is 10.6 Å². The second-order valence-corrected chi connectivity index (χ2v) is 9.14. The lowest BCUT2D eigenvalue weighted by atomic mass is 9.98. The topological polar surface area (TPSA) is 52.3 Å². The van der Waals surface area contributed by atoms with E-state index in [0.29, 0.717) is 29.0 Å². The van der Waals surface area contributed by atoms with Gasteiger partial charge in [0.25, 0.3) is 0 Å². The number of rotatable bonds is 8. The lowest BCUT2D eigenvalue weighted by Crippen LogP contribution is -3.14. The van der Waals surface area contributed by atoms with Crippen molar-refractivity contribution in [3.8, 4) is 0 Å². The van der Waals surface area contributed by atoms with Crippen molar-refractivity contribution in [1.29, 1.82) is 0 Å². The summed E-state index contributed by atoms with van der Waals surface area (Å²) in [7, 11) is 0. The average Bonchev–Trinajstić information content (AvgIpc) is 3.15. The number of piperidine rings is 1. The van der Waals surface area contributed by atoms with Crippen LogP contribution in [0.2, 0.25) is 10.0 Å². The van der Waals surface area contributed by atoms with E-state index in [4.69, 9.17) is 32.8 Å². The number of nitrogens with one attached hydrogen (secondary N) is 1. The Kier molecular flexibility index (Phi) is 10.6. The van der Waals surface area contributed by atoms with E-state index >= 15 is 0 Å². The van der Waals surface area contributed by atoms with Crippen LogP contribution in [0.5, 0.6) is 0 Å². The number of thiophene rings is 1. The summed E-state index contributed by atoms with van der Waals surface area (Å²) in [6.45, 7) is 7.37. The van der Waals surface area contributed by atoms with E-state index < -0.39 is 0 Å². The van der Waals surface area contributed by atoms with Gasteiger partial charge in [-0.1, -0.05) is 28.4 Å². The number of hydrogen-bond acceptors (Lipinski definition) is 5. The van der Waals surface area contributed by atoms with Crippen molar-refractivity contribution in [3.05, 3.63) is 55.7 Å². The van der Waals surface area contributed by atoms with E-state index in [9.17, 15) is 4.79 Å². The zero-order chi connectivity index (χ0) is 21.5. The van der Waals surface area contributed by atoms with Crippen LogP contribution in [0.25, 0.3) is 0 Å². The number of esters is 1. The van der Waals surface area contributed by atoms with Crippen LogP contribution >= 0.6 is 34.5 Å². The second kappa shape index (κ2) is 12.7. The minimum atomic E-state index is -0.0820. The highest BCUT2D eigenvalue weighted by molar-refractivity contribution is 7.12. The first kappa shape index (κ1) is 25.9. The summed E-state index contributed by atoms with van der Waals surface area (Å²) < 4.78 is 5.18. The predicted octanol–water partition coefficient (Wildman–Crippen LogP) is 0.994. The van der Waals surface area contributed by atoms with Crippen molar-refractivity contribution in [2.45, 2.75) is 26.7 Å². The van der Waals surface area contributed by atoms with Crippen molar-refractivity contribution in [2.75, 3.05) is 32.8 Å². The number of likely N-dealkylation sites (tertiary alicyclic amines) is 1. The van der Waals surface area contributed by atoms with Gasteiger partial charge in [0.05, 0.1) is 29.6 Å². The summed E-state index contributed by atoms with van der Waals surface area (Å²) in [6, 6.07) is 7.43. The molecule has 2 atom stereocenters. The largest absolute Gasteiger partial charge is 1.00 e. The van der Waals surface area contributed by atoms with E-state index in [1.54, 1.807) is 23.5 Å². The quantitative estimate of drug-likeness (QED) is 0.252. The standard InChI is InChI=1S/C22H26Cl2N2O3S.ClH/c1-3-28-22(27)16-5-4-9-26(14-16)10-11-29-25-20(21-15(2)8-12-30-21)18-7-6-17(23)13-19(18)24;/h6-8,12-13,16H,3-5,9-11,14H2,1-2H3;1H/b25-20-;/t16-;/m1./s1. The fourth-order valence-corrected chi connectivity index (χ4v) is 5.07. The number of nitrogens with zero attached hydrogens (tertiary/aromatic N) is 1. The van der Waals surface area contributed by atoms with Gasteiger partial charge < -0.3 is 26.9 Å². The van der Waals surface area contributed by atoms with E-state index in [2.05, 4.69) is 5.16 Å². The third-order valence-electron chi connectivity index (χ3n) is 5.20. The molecule has 1 fully saturated rings. The number of ether oxygens (including phenoxy) is 1. The number of oxime groups is 1. The molecule has 0 amide bonds. The Balaban J connectivity index is 0.00000341. The Morgan fingerprint density at radius 2 is 2.13 bits per heavy atom. The fraction of sp³-hybridized carbons (Fsp3) is 0.455. The molecule has 1 aromatic carbocycles. The predicted molar refractivity (Wildman–Crippen MR) is 122 cm³/mol. The molecule has 1 unspecified atom stereocenters. The zero-order valence-corrected chi connectivity index (χ0v) is 20.7. The van der Waals surface area contributed by atoms with Gasteiger partial charge in [-0.2, -0.15) is 0 Å². The third-order valence-corrected chi connectivity index (χ3v) is 6.78. The lowest BCUT2D eigenvalue weighted by molar-refractivity contribution is -0.908. The molecule has 1 aromatic heterocycles. The highest BCUT2D eigenvalue weighted by atomic mass is 35.5. The highest BCUT2D eigenvalue weighted by Crippen LogP contribution is 2.27. The first-order chi connectivity index (χ1) is 14.5. The molecule has 1 aliphatic heterocycles. The summed E-state index contributed by atoms with van der Waals surface area (Å²) >= 11 is 14.1. The van der Waals surface area contributed by atoms with E-state index in [1.807, 2.05) is 31.4 Å². The molecule has 1 aliphatic rings. The number of carbonyl (C=O) groups excluding carboxylic acids is 1. The summed E-state index contributed by atoms with van der Waals surface area (Å²) in [5.41, 5.74) is 2.62. The zero-order valence-electron chi connectivity index (χ0n) is 17.6. The number of hydrogen-bond donors (Lipinski definition) is 1. The van der Waals surface area contributed by atoms with Gasteiger partial charge in [-0.15, -0.1) is 11.3 Å². The Hall–Kier alpha value is -1.31. The van der Waals surface area contributed by atoms with Crippen molar-refractivity contribution in [2.24, 2.45) is 11.1 Å². The molecule has 1 N–H and O–H groups in total. The lowest BCUT2D eigenvalue weighted by Gasteiger charge is -2.28. The smallest absolute Gasteiger partial charge is 0.314 e. The molecule has 3 rings (SSSR count). The molecule has 170 valence electrons. The SMILES string of the molecule is CCOC(=O)[C@@H]1CCC[NH+](CCO/N=C(/c2ccc(Cl)cc2Cl)c2sccc2C)C1.[Cl-]. The normalized spacial score (nSPS) is 18.9. The maximum absolute atomic E-state index is 12.0. The van der Waals surface area contributed by atoms with Crippen LogP contribution < -0.4 is 17.3 Å². The summed E-state index contributed by atoms with van der Waals surface area (Å²) in [5.74, 6) is -0.101. The van der Waals surface area contributed by atoms with Crippen LogP contribution in [0.15, 0.2) is 34.8 Å². The van der Waals surface area contributed by atoms with Gasteiger partial charge in [-0.3, -0.25) is 4.79 Å². The van der Waals surface area contributed by atoms with Crippen molar-refractivity contribution >= 4 is 46.2 Å². The maximum atomic E-state index is 12.0. The van der Waals surface area contributed by atoms with Crippen LogP contribution in [0.4, 0.5) is 0 Å². The fourth-order valence-electron chi connectivity index (χ4n) is 3.65. The minimum absolute atomic E-state index is 0. The van der Waals surface area contributed by atoms with Crippen LogP contribution in [0, 0.1) is 12.8 Å². The van der Waals surface area contributed by atoms with E-state index in [-0.39, 0.29) is 24.3 Å². The van der Waals surface area contributed by atoms with Gasteiger partial charge >= 0.3 is 5.97 Å². The van der Waals surface area contributed by atoms with Crippen molar-refractivity contribution in [3.63, 3.8) is 0 Å². The Labute approximate surface area is 203 Å². The molecule has 2 heterocycles. The highest BCUT2D eigenvalue weighted by Gasteiger charge is 2.29. The minimum Gasteiger partial charge on any atom is -1.00 e. The average molecular weight is 506 g/mol. The molecule has 0 bridgehead atoms. The van der Waals surface area contributed by atoms with Gasteiger partial charge in [0.1, 0.15) is 18.2 Å². The molecule has 5 nitrogen and oxygen atoms in total. The molecule has 0 spiro atoms. The molecule has 1 saturated heterocycles. The van der Waals surface area contributed by atoms with Crippen molar-refractivity contribution in [1.82, 2.24) is 0 Å². The van der Waals surface area contributed by atoms with Crippen LogP contribution in [-0.4, -0.2) is 44.5 Å². The number of quaternary nitrogens is 1. The van der Waals surface area contributed by atoms with E-state index in [0.717, 1.165) is 48.5 Å². The molecular weight excluding hydrogens is 479 g/mol. The number of benzene rings is 1. The molecule has 9 heteroatoms. The summed E-state index contributed by atoms with van der Waals surface area (Å²) in [4.78, 5) is 20.1. The second-order valence-electron chi connectivity index (χ2n) is 7.38. The Morgan fingerprint density at radius 3 is 2.81 bits per heavy atom. The first-order valence-corrected chi connectivity index (χ1v) is 11.8. The number of halogens is 3. The number of carbonyl (C=O) groups is 1. The molecule has 2 aromatic rings. The monoisotopic (exact) mass is 504 g/mol. The summed E-state index contributed by atoms with van der Waals surface area (Å²) in [6.07, 6.45) is 1.92. The summed E-state index contributed by atoms with van der Waals surface area (Å²) in [5, 5.41) is 7.59. The third kappa shape index (κ3) is 7.09. The van der Waals surface area contributed by atoms with Gasteiger partial charge in [-0.05, 0) is 61.9 Å². The van der Waals surface area contributed by atoms with Crippen molar-refractivity contribution < 1.29 is 31.7 Å². The Morgan fingerprint density at radius 1 is 1.32 bits per heavy atom. The number of aryl methyl sites for hydroxylation is 1. The molecular formula is C22H27Cl3N2O3S. The molecule has 31 heavy (non-hydrogen) atoms. The van der Waals surface area contributed by atoms with Crippen LogP contribution in [0.1, 0.15) is 35.8 Å². The Bertz CT molecular complexity index is 904. The van der Waals surface area contributed by atoms with Gasteiger partial charge in [0.2, 0.25) is 0 Å². The van der Waals surface area contributed by atoms with Crippen LogP contribution in [-0.2, 0) is 14.4 Å². The van der Waals surface area contributed by atoms with Gasteiger partial charge in [-0.25, -0.2) is 0 Å². The van der Waals surface area contributed by atoms with Crippen LogP contribution in [0.3, 0.4) is 0 Å². The van der Waals surface area contributed by atoms with E-state index in [1.165, 1.54) is 4.90 Å². The maximum Gasteiger partial charge on any atom is 0.314 e. The molecule has 0 saturated carbocycles. The molecule has 0 radical (unpaired) electrons. The molecule has 0 aliphatic carbocycles. The first-order valence-electron chi connectivity index (χ1n) is 10.2. The van der Waals surface area contributed by atoms with Gasteiger partial charge in [0.15, 0.2) is 6.61 Å².